The van der Waals surface area contributed by atoms with Crippen molar-refractivity contribution in [2.45, 2.75) is 26.7 Å². The normalized spacial score (nSPS) is 13.5. The molecule has 14 heavy (non-hydrogen) atoms. The van der Waals surface area contributed by atoms with Crippen LogP contribution in [0, 0.1) is 5.92 Å². The third kappa shape index (κ3) is 4.07. The Kier molecular flexibility index (Phi) is 5.60. The topological polar surface area (TPSA) is 63.6 Å². The Labute approximate surface area is 83.6 Å². The number of ether oxygens (including phenoxy) is 1. The van der Waals surface area contributed by atoms with E-state index < -0.39 is 11.9 Å². The van der Waals surface area contributed by atoms with Crippen molar-refractivity contribution < 1.29 is 19.4 Å². The number of carbonyl (C=O) groups excluding carboxylic acids is 1. The molecule has 0 aromatic carbocycles. The Balaban J connectivity index is 4.32. The van der Waals surface area contributed by atoms with Crippen LogP contribution in [0.25, 0.3) is 0 Å². The smallest absolute Gasteiger partial charge is 0.333 e. The SMILES string of the molecule is CC/C(=C\CC(C)C(=O)O)C(=O)OC. The molecule has 1 unspecified atom stereocenters. The van der Waals surface area contributed by atoms with Gasteiger partial charge in [0.25, 0.3) is 0 Å². The number of carboxylic acids is 1. The van der Waals surface area contributed by atoms with Crippen LogP contribution < -0.4 is 0 Å². The first kappa shape index (κ1) is 12.7. The lowest BCUT2D eigenvalue weighted by atomic mass is 10.0. The minimum Gasteiger partial charge on any atom is -0.481 e. The van der Waals surface area contributed by atoms with E-state index in [2.05, 4.69) is 4.74 Å². The average Bonchev–Trinajstić information content (AvgIpc) is 2.17. The summed E-state index contributed by atoms with van der Waals surface area (Å²) in [6.07, 6.45) is 2.54. The van der Waals surface area contributed by atoms with Crippen molar-refractivity contribution in [1.29, 1.82) is 0 Å². The molecule has 80 valence electrons. The van der Waals surface area contributed by atoms with E-state index in [4.69, 9.17) is 5.11 Å². The summed E-state index contributed by atoms with van der Waals surface area (Å²) in [4.78, 5) is 21.6. The van der Waals surface area contributed by atoms with Gasteiger partial charge in [0.05, 0.1) is 13.0 Å². The lowest BCUT2D eigenvalue weighted by Crippen LogP contribution is -2.10. The van der Waals surface area contributed by atoms with Gasteiger partial charge in [-0.1, -0.05) is 19.9 Å². The number of rotatable bonds is 5. The molecule has 0 saturated carbocycles. The predicted molar refractivity (Wildman–Crippen MR) is 51.8 cm³/mol. The molecule has 0 radical (unpaired) electrons. The number of aliphatic carboxylic acids is 1. The second-order valence-corrected chi connectivity index (χ2v) is 3.05. The maximum absolute atomic E-state index is 11.1. The molecule has 1 atom stereocenters. The van der Waals surface area contributed by atoms with Crippen LogP contribution in [0.3, 0.4) is 0 Å². The van der Waals surface area contributed by atoms with E-state index in [1.807, 2.05) is 6.92 Å². The highest BCUT2D eigenvalue weighted by Gasteiger charge is 2.11. The summed E-state index contributed by atoms with van der Waals surface area (Å²) in [5.74, 6) is -1.71. The molecular formula is C10H16O4. The Morgan fingerprint density at radius 1 is 1.50 bits per heavy atom. The van der Waals surface area contributed by atoms with Gasteiger partial charge in [-0.05, 0) is 12.8 Å². The van der Waals surface area contributed by atoms with Crippen LogP contribution in [0.2, 0.25) is 0 Å². The van der Waals surface area contributed by atoms with Gasteiger partial charge in [0.15, 0.2) is 0 Å². The fraction of sp³-hybridized carbons (Fsp3) is 0.600. The molecule has 4 heteroatoms. The highest BCUT2D eigenvalue weighted by molar-refractivity contribution is 5.88. The Hall–Kier alpha value is -1.32. The molecule has 0 fully saturated rings. The van der Waals surface area contributed by atoms with E-state index in [1.165, 1.54) is 7.11 Å². The van der Waals surface area contributed by atoms with Crippen LogP contribution in [0.15, 0.2) is 11.6 Å². The van der Waals surface area contributed by atoms with Crippen molar-refractivity contribution in [2.24, 2.45) is 5.92 Å². The molecule has 0 saturated heterocycles. The highest BCUT2D eigenvalue weighted by Crippen LogP contribution is 2.09. The molecule has 4 nitrogen and oxygen atoms in total. The standard InChI is InChI=1S/C10H16O4/c1-4-8(10(13)14-3)6-5-7(2)9(11)12/h6-7H,4-5H2,1-3H3,(H,11,12)/b8-6+. The van der Waals surface area contributed by atoms with Gasteiger partial charge in [-0.2, -0.15) is 0 Å². The number of esters is 1. The number of allylic oxidation sites excluding steroid dienone is 1. The average molecular weight is 200 g/mol. The van der Waals surface area contributed by atoms with E-state index in [1.54, 1.807) is 13.0 Å². The molecule has 0 amide bonds. The van der Waals surface area contributed by atoms with Gasteiger partial charge in [0, 0.05) is 5.57 Å². The molecular weight excluding hydrogens is 184 g/mol. The summed E-state index contributed by atoms with van der Waals surface area (Å²) in [6, 6.07) is 0. The van der Waals surface area contributed by atoms with Crippen molar-refractivity contribution in [2.75, 3.05) is 7.11 Å². The summed E-state index contributed by atoms with van der Waals surface area (Å²) >= 11 is 0. The van der Waals surface area contributed by atoms with Crippen LogP contribution in [-0.4, -0.2) is 24.2 Å². The van der Waals surface area contributed by atoms with E-state index in [0.717, 1.165) is 0 Å². The second-order valence-electron chi connectivity index (χ2n) is 3.05. The summed E-state index contributed by atoms with van der Waals surface area (Å²) in [6.45, 7) is 3.43. The minimum absolute atomic E-state index is 0.355. The van der Waals surface area contributed by atoms with Gasteiger partial charge < -0.3 is 9.84 Å². The first-order valence-corrected chi connectivity index (χ1v) is 4.53. The first-order valence-electron chi connectivity index (χ1n) is 4.53. The van der Waals surface area contributed by atoms with Crippen LogP contribution >= 0.6 is 0 Å². The zero-order chi connectivity index (χ0) is 11.1. The van der Waals surface area contributed by atoms with Crippen molar-refractivity contribution in [1.82, 2.24) is 0 Å². The maximum atomic E-state index is 11.1. The molecule has 0 aliphatic rings. The predicted octanol–water partition coefficient (Wildman–Crippen LogP) is 1.61. The van der Waals surface area contributed by atoms with Crippen molar-refractivity contribution in [3.63, 3.8) is 0 Å². The van der Waals surface area contributed by atoms with Gasteiger partial charge >= 0.3 is 11.9 Å². The Morgan fingerprint density at radius 2 is 2.07 bits per heavy atom. The number of carboxylic acid groups (broad SMARTS) is 1. The van der Waals surface area contributed by atoms with Gasteiger partial charge in [-0.25, -0.2) is 4.79 Å². The molecule has 0 bridgehead atoms. The summed E-state index contributed by atoms with van der Waals surface area (Å²) < 4.78 is 4.54. The molecule has 0 heterocycles. The molecule has 0 aromatic rings. The lowest BCUT2D eigenvalue weighted by molar-refractivity contribution is -0.141. The van der Waals surface area contributed by atoms with E-state index >= 15 is 0 Å². The third-order valence-electron chi connectivity index (χ3n) is 1.97. The van der Waals surface area contributed by atoms with E-state index in [9.17, 15) is 9.59 Å². The zero-order valence-electron chi connectivity index (χ0n) is 8.74. The van der Waals surface area contributed by atoms with Gasteiger partial charge in [-0.15, -0.1) is 0 Å². The number of carbonyl (C=O) groups is 2. The quantitative estimate of drug-likeness (QED) is 0.541. The number of methoxy groups -OCH3 is 1. The molecule has 0 aliphatic heterocycles. The second kappa shape index (κ2) is 6.18. The van der Waals surface area contributed by atoms with Crippen LogP contribution in [0.5, 0.6) is 0 Å². The highest BCUT2D eigenvalue weighted by atomic mass is 16.5. The molecule has 1 N–H and O–H groups in total. The monoisotopic (exact) mass is 200 g/mol. The fourth-order valence-corrected chi connectivity index (χ4v) is 0.923. The third-order valence-corrected chi connectivity index (χ3v) is 1.97. The summed E-state index contributed by atoms with van der Waals surface area (Å²) in [5.41, 5.74) is 0.528. The van der Waals surface area contributed by atoms with Crippen molar-refractivity contribution >= 4 is 11.9 Å². The number of hydrogen-bond acceptors (Lipinski definition) is 3. The zero-order valence-corrected chi connectivity index (χ0v) is 8.74. The van der Waals surface area contributed by atoms with E-state index in [0.29, 0.717) is 18.4 Å². The van der Waals surface area contributed by atoms with Gasteiger partial charge in [0.2, 0.25) is 0 Å². The number of hydrogen-bond donors (Lipinski definition) is 1. The summed E-state index contributed by atoms with van der Waals surface area (Å²) in [7, 11) is 1.31. The van der Waals surface area contributed by atoms with Crippen molar-refractivity contribution in [3.8, 4) is 0 Å². The Morgan fingerprint density at radius 3 is 2.43 bits per heavy atom. The van der Waals surface area contributed by atoms with Gasteiger partial charge in [0.1, 0.15) is 0 Å². The Bertz CT molecular complexity index is 243. The fourth-order valence-electron chi connectivity index (χ4n) is 0.923. The van der Waals surface area contributed by atoms with Crippen LogP contribution in [0.4, 0.5) is 0 Å². The first-order chi connectivity index (χ1) is 6.52. The van der Waals surface area contributed by atoms with E-state index in [-0.39, 0.29) is 5.97 Å². The molecule has 0 spiro atoms. The molecule has 0 rings (SSSR count). The van der Waals surface area contributed by atoms with Gasteiger partial charge in [-0.3, -0.25) is 4.79 Å². The van der Waals surface area contributed by atoms with Crippen molar-refractivity contribution in [3.05, 3.63) is 11.6 Å². The molecule has 0 aliphatic carbocycles. The lowest BCUT2D eigenvalue weighted by Gasteiger charge is -2.04. The molecule has 0 aromatic heterocycles. The van der Waals surface area contributed by atoms with Crippen LogP contribution in [-0.2, 0) is 14.3 Å². The largest absolute Gasteiger partial charge is 0.481 e. The van der Waals surface area contributed by atoms with Crippen LogP contribution in [0.1, 0.15) is 26.7 Å². The minimum atomic E-state index is -0.860. The summed E-state index contributed by atoms with van der Waals surface area (Å²) in [5, 5.41) is 8.62. The maximum Gasteiger partial charge on any atom is 0.333 e.